The lowest BCUT2D eigenvalue weighted by molar-refractivity contribution is -0.146. The lowest BCUT2D eigenvalue weighted by Gasteiger charge is -2.39. The first-order chi connectivity index (χ1) is 12.2. The number of carbonyl (C=O) groups is 2. The fourth-order valence-corrected chi connectivity index (χ4v) is 3.45. The average molecular weight is 336 g/mol. The zero-order chi connectivity index (χ0) is 17.4. The Labute approximate surface area is 143 Å². The molecule has 0 saturated carbocycles. The van der Waals surface area contributed by atoms with E-state index in [4.69, 9.17) is 5.73 Å². The van der Waals surface area contributed by atoms with Crippen molar-refractivity contribution in [1.82, 2.24) is 24.6 Å². The smallest absolute Gasteiger partial charge is 0.271 e. The zero-order valence-corrected chi connectivity index (χ0v) is 13.4. The molecule has 3 aromatic rings. The van der Waals surface area contributed by atoms with Crippen LogP contribution in [-0.4, -0.2) is 43.0 Å². The number of primary amides is 1. The molecule has 1 fully saturated rings. The molecule has 1 unspecified atom stereocenters. The molecule has 4 rings (SSSR count). The maximum atomic E-state index is 12.8. The standard InChI is InChI=1S/C17H16N6O2/c18-16(25)17(13-5-2-1-3-6-13,22-8-4-7-14(22)24)23-15-12(10-21-23)9-19-11-20-15/h1-3,5-6,9-11H,4,7-8H2,(H2,18,25). The van der Waals surface area contributed by atoms with E-state index in [1.807, 2.05) is 6.07 Å². The number of rotatable bonds is 4. The van der Waals surface area contributed by atoms with Gasteiger partial charge < -0.3 is 10.6 Å². The van der Waals surface area contributed by atoms with E-state index in [2.05, 4.69) is 15.1 Å². The third-order valence-corrected chi connectivity index (χ3v) is 4.52. The third kappa shape index (κ3) is 2.10. The molecule has 1 aromatic carbocycles. The maximum Gasteiger partial charge on any atom is 0.271 e. The molecule has 1 aliphatic heterocycles. The van der Waals surface area contributed by atoms with Crippen LogP contribution in [-0.2, 0) is 15.3 Å². The number of hydrogen-bond acceptors (Lipinski definition) is 5. The Morgan fingerprint density at radius 1 is 1.20 bits per heavy atom. The second-order valence-electron chi connectivity index (χ2n) is 5.91. The van der Waals surface area contributed by atoms with Crippen LogP contribution in [0.15, 0.2) is 49.1 Å². The number of nitrogens with two attached hydrogens (primary N) is 1. The monoisotopic (exact) mass is 336 g/mol. The van der Waals surface area contributed by atoms with Crippen molar-refractivity contribution in [3.05, 3.63) is 54.6 Å². The maximum absolute atomic E-state index is 12.8. The van der Waals surface area contributed by atoms with Gasteiger partial charge in [-0.3, -0.25) is 9.59 Å². The van der Waals surface area contributed by atoms with Crippen LogP contribution in [0.4, 0.5) is 0 Å². The van der Waals surface area contributed by atoms with Gasteiger partial charge in [0.05, 0.1) is 11.6 Å². The molecule has 3 heterocycles. The minimum absolute atomic E-state index is 0.139. The summed E-state index contributed by atoms with van der Waals surface area (Å²) in [5.74, 6) is -0.821. The van der Waals surface area contributed by atoms with Crippen LogP contribution in [0.25, 0.3) is 11.0 Å². The van der Waals surface area contributed by atoms with Crippen molar-refractivity contribution in [2.24, 2.45) is 5.73 Å². The van der Waals surface area contributed by atoms with Crippen molar-refractivity contribution in [1.29, 1.82) is 0 Å². The Kier molecular flexibility index (Phi) is 3.45. The van der Waals surface area contributed by atoms with Crippen LogP contribution in [0.2, 0.25) is 0 Å². The molecule has 1 aliphatic rings. The van der Waals surface area contributed by atoms with Gasteiger partial charge in [-0.25, -0.2) is 14.6 Å². The molecule has 8 heteroatoms. The van der Waals surface area contributed by atoms with Crippen molar-refractivity contribution in [2.45, 2.75) is 18.5 Å². The van der Waals surface area contributed by atoms with Crippen LogP contribution in [0.5, 0.6) is 0 Å². The number of carbonyl (C=O) groups excluding carboxylic acids is 2. The summed E-state index contributed by atoms with van der Waals surface area (Å²) >= 11 is 0. The molecule has 126 valence electrons. The molecule has 0 spiro atoms. The number of hydrogen-bond donors (Lipinski definition) is 1. The SMILES string of the molecule is NC(=O)C(c1ccccc1)(N1CCCC1=O)n1ncc2cncnc21. The molecule has 0 radical (unpaired) electrons. The Hall–Kier alpha value is -3.29. The predicted molar refractivity (Wildman–Crippen MR) is 89.0 cm³/mol. The van der Waals surface area contributed by atoms with Crippen LogP contribution in [0.3, 0.4) is 0 Å². The van der Waals surface area contributed by atoms with Crippen molar-refractivity contribution in [3.63, 3.8) is 0 Å². The van der Waals surface area contributed by atoms with Gasteiger partial charge in [-0.15, -0.1) is 0 Å². The van der Waals surface area contributed by atoms with Gasteiger partial charge in [0.2, 0.25) is 11.6 Å². The van der Waals surface area contributed by atoms with E-state index >= 15 is 0 Å². The van der Waals surface area contributed by atoms with Gasteiger partial charge in [0, 0.05) is 24.7 Å². The highest BCUT2D eigenvalue weighted by atomic mass is 16.2. The summed E-state index contributed by atoms with van der Waals surface area (Å²) < 4.78 is 1.44. The number of benzene rings is 1. The summed E-state index contributed by atoms with van der Waals surface area (Å²) in [5, 5.41) is 5.03. The van der Waals surface area contributed by atoms with Gasteiger partial charge in [-0.2, -0.15) is 5.10 Å². The molecular weight excluding hydrogens is 320 g/mol. The van der Waals surface area contributed by atoms with E-state index in [0.717, 1.165) is 0 Å². The van der Waals surface area contributed by atoms with Crippen molar-refractivity contribution in [2.75, 3.05) is 6.54 Å². The second-order valence-corrected chi connectivity index (χ2v) is 5.91. The topological polar surface area (TPSA) is 107 Å². The number of amides is 2. The first-order valence-corrected chi connectivity index (χ1v) is 7.96. The summed E-state index contributed by atoms with van der Waals surface area (Å²) in [5.41, 5.74) is 5.34. The first kappa shape index (κ1) is 15.3. The van der Waals surface area contributed by atoms with E-state index in [1.54, 1.807) is 36.7 Å². The first-order valence-electron chi connectivity index (χ1n) is 7.96. The van der Waals surface area contributed by atoms with Gasteiger partial charge in [0.15, 0.2) is 5.65 Å². The number of fused-ring (bicyclic) bond motifs is 1. The van der Waals surface area contributed by atoms with E-state index < -0.39 is 11.6 Å². The molecule has 0 aliphatic carbocycles. The largest absolute Gasteiger partial charge is 0.366 e. The molecule has 2 amide bonds. The molecule has 0 bridgehead atoms. The van der Waals surface area contributed by atoms with E-state index in [0.29, 0.717) is 36.0 Å². The van der Waals surface area contributed by atoms with Gasteiger partial charge in [0.1, 0.15) is 6.33 Å². The predicted octanol–water partition coefficient (Wildman–Crippen LogP) is 0.635. The molecular formula is C17H16N6O2. The highest BCUT2D eigenvalue weighted by Gasteiger charge is 2.51. The van der Waals surface area contributed by atoms with Crippen LogP contribution < -0.4 is 5.73 Å². The molecule has 2 aromatic heterocycles. The lowest BCUT2D eigenvalue weighted by Crippen LogP contribution is -2.60. The van der Waals surface area contributed by atoms with Gasteiger partial charge in [-0.05, 0) is 6.42 Å². The van der Waals surface area contributed by atoms with Crippen LogP contribution in [0, 0.1) is 0 Å². The summed E-state index contributed by atoms with van der Waals surface area (Å²) in [6, 6.07) is 8.98. The summed E-state index contributed by atoms with van der Waals surface area (Å²) in [6.45, 7) is 0.420. The van der Waals surface area contributed by atoms with Gasteiger partial charge in [0.25, 0.3) is 5.91 Å². The number of likely N-dealkylation sites (tertiary alicyclic amines) is 1. The van der Waals surface area contributed by atoms with E-state index in [-0.39, 0.29) is 5.91 Å². The minimum atomic E-state index is -1.56. The fourth-order valence-electron chi connectivity index (χ4n) is 3.45. The Balaban J connectivity index is 2.07. The summed E-state index contributed by atoms with van der Waals surface area (Å²) in [4.78, 5) is 35.1. The molecule has 2 N–H and O–H groups in total. The van der Waals surface area contributed by atoms with E-state index in [1.165, 1.54) is 15.9 Å². The molecule has 1 atom stereocenters. The molecule has 8 nitrogen and oxygen atoms in total. The van der Waals surface area contributed by atoms with Gasteiger partial charge >= 0.3 is 0 Å². The van der Waals surface area contributed by atoms with Crippen molar-refractivity contribution < 1.29 is 9.59 Å². The van der Waals surface area contributed by atoms with Crippen molar-refractivity contribution >= 4 is 22.8 Å². The second kappa shape index (κ2) is 5.66. The summed E-state index contributed by atoms with van der Waals surface area (Å²) in [6.07, 6.45) is 5.58. The minimum Gasteiger partial charge on any atom is -0.366 e. The average Bonchev–Trinajstić information content (AvgIpc) is 3.24. The Morgan fingerprint density at radius 3 is 2.68 bits per heavy atom. The zero-order valence-electron chi connectivity index (χ0n) is 13.4. The normalized spacial score (nSPS) is 17.0. The highest BCUT2D eigenvalue weighted by Crippen LogP contribution is 2.35. The molecule has 1 saturated heterocycles. The Bertz CT molecular complexity index is 954. The number of aromatic nitrogens is 4. The molecule has 25 heavy (non-hydrogen) atoms. The third-order valence-electron chi connectivity index (χ3n) is 4.52. The lowest BCUT2D eigenvalue weighted by atomic mass is 9.96. The van der Waals surface area contributed by atoms with Crippen LogP contribution >= 0.6 is 0 Å². The summed E-state index contributed by atoms with van der Waals surface area (Å²) in [7, 11) is 0. The highest BCUT2D eigenvalue weighted by molar-refractivity contribution is 5.93. The van der Waals surface area contributed by atoms with Crippen LogP contribution in [0.1, 0.15) is 18.4 Å². The quantitative estimate of drug-likeness (QED) is 0.752. The fraction of sp³-hybridized carbons (Fsp3) is 0.235. The Morgan fingerprint density at radius 2 is 2.00 bits per heavy atom. The number of nitrogens with zero attached hydrogens (tertiary/aromatic N) is 5. The van der Waals surface area contributed by atoms with Crippen molar-refractivity contribution in [3.8, 4) is 0 Å². The van der Waals surface area contributed by atoms with Gasteiger partial charge in [-0.1, -0.05) is 30.3 Å². The van der Waals surface area contributed by atoms with E-state index in [9.17, 15) is 9.59 Å².